The molecule has 0 radical (unpaired) electrons. The van der Waals surface area contributed by atoms with Gasteiger partial charge in [0.15, 0.2) is 5.96 Å². The first-order valence-corrected chi connectivity index (χ1v) is 10.1. The lowest BCUT2D eigenvalue weighted by atomic mass is 9.85. The molecule has 3 N–H and O–H groups in total. The Labute approximate surface area is 188 Å². The van der Waals surface area contributed by atoms with E-state index in [2.05, 4.69) is 59.0 Å². The number of aromatic nitrogens is 1. The van der Waals surface area contributed by atoms with Crippen LogP contribution in [0.5, 0.6) is 0 Å². The lowest BCUT2D eigenvalue weighted by Crippen LogP contribution is -2.42. The fraction of sp³-hybridized carbons (Fsp3) is 0.450. The lowest BCUT2D eigenvalue weighted by Gasteiger charge is -2.24. The second-order valence-corrected chi connectivity index (χ2v) is 7.75. The summed E-state index contributed by atoms with van der Waals surface area (Å²) >= 11 is 1.36. The van der Waals surface area contributed by atoms with Crippen molar-refractivity contribution in [3.8, 4) is 0 Å². The Kier molecular flexibility index (Phi) is 10.4. The van der Waals surface area contributed by atoms with Crippen LogP contribution in [0.25, 0.3) is 0 Å². The van der Waals surface area contributed by atoms with Crippen molar-refractivity contribution in [3.05, 3.63) is 52.0 Å². The molecule has 0 spiro atoms. The van der Waals surface area contributed by atoms with Crippen molar-refractivity contribution < 1.29 is 4.79 Å². The average Bonchev–Trinajstić information content (AvgIpc) is 3.09. The third kappa shape index (κ3) is 7.38. The van der Waals surface area contributed by atoms with Crippen LogP contribution in [0.4, 0.5) is 0 Å². The Balaban J connectivity index is 0.00000392. The number of thiazole rings is 1. The number of carbonyl (C=O) groups is 1. The van der Waals surface area contributed by atoms with Crippen molar-refractivity contribution in [2.45, 2.75) is 33.1 Å². The highest BCUT2D eigenvalue weighted by Crippen LogP contribution is 2.22. The summed E-state index contributed by atoms with van der Waals surface area (Å²) in [4.78, 5) is 21.6. The molecule has 1 aromatic carbocycles. The summed E-state index contributed by atoms with van der Waals surface area (Å²) < 4.78 is 0. The number of guanidine groups is 1. The highest BCUT2D eigenvalue weighted by atomic mass is 127. The topological polar surface area (TPSA) is 78.4 Å². The summed E-state index contributed by atoms with van der Waals surface area (Å²) in [5.41, 5.74) is 3.66. The zero-order chi connectivity index (χ0) is 19.7. The van der Waals surface area contributed by atoms with Crippen molar-refractivity contribution in [2.75, 3.05) is 26.2 Å². The third-order valence-corrected chi connectivity index (χ3v) is 5.11. The summed E-state index contributed by atoms with van der Waals surface area (Å²) in [5.74, 6) is 0.675. The first-order valence-electron chi connectivity index (χ1n) is 9.20. The third-order valence-electron chi connectivity index (χ3n) is 4.19. The van der Waals surface area contributed by atoms with E-state index in [1.54, 1.807) is 5.51 Å². The van der Waals surface area contributed by atoms with Crippen molar-refractivity contribution >= 4 is 47.2 Å². The van der Waals surface area contributed by atoms with Crippen LogP contribution in [0, 0.1) is 6.92 Å². The molecule has 0 atom stereocenters. The van der Waals surface area contributed by atoms with E-state index in [-0.39, 0.29) is 35.3 Å². The highest BCUT2D eigenvalue weighted by Gasteiger charge is 2.20. The number of nitrogens with zero attached hydrogens (tertiary/aromatic N) is 2. The van der Waals surface area contributed by atoms with Crippen LogP contribution in [-0.4, -0.2) is 43.0 Å². The normalized spacial score (nSPS) is 11.5. The number of hydrogen-bond acceptors (Lipinski definition) is 4. The van der Waals surface area contributed by atoms with Crippen LogP contribution < -0.4 is 16.0 Å². The largest absolute Gasteiger partial charge is 0.357 e. The molecule has 0 bridgehead atoms. The quantitative estimate of drug-likeness (QED) is 0.218. The fourth-order valence-electron chi connectivity index (χ4n) is 2.56. The summed E-state index contributed by atoms with van der Waals surface area (Å²) in [7, 11) is 0. The van der Waals surface area contributed by atoms with E-state index in [0.29, 0.717) is 24.5 Å². The predicted octanol–water partition coefficient (Wildman–Crippen LogP) is 3.33. The minimum Gasteiger partial charge on any atom is -0.357 e. The van der Waals surface area contributed by atoms with Gasteiger partial charge < -0.3 is 16.0 Å². The molecule has 0 saturated heterocycles. The van der Waals surface area contributed by atoms with Gasteiger partial charge in [0.25, 0.3) is 5.91 Å². The van der Waals surface area contributed by atoms with Gasteiger partial charge in [0.1, 0.15) is 4.88 Å². The van der Waals surface area contributed by atoms with Crippen LogP contribution >= 0.6 is 35.3 Å². The zero-order valence-corrected chi connectivity index (χ0v) is 20.1. The number of nitrogens with one attached hydrogen (secondary N) is 3. The molecule has 1 amide bonds. The van der Waals surface area contributed by atoms with Crippen LogP contribution in [0.1, 0.15) is 41.7 Å². The Morgan fingerprint density at radius 1 is 1.14 bits per heavy atom. The maximum atomic E-state index is 12.1. The maximum Gasteiger partial charge on any atom is 0.263 e. The molecule has 8 heteroatoms. The van der Waals surface area contributed by atoms with E-state index >= 15 is 0 Å². The first kappa shape index (κ1) is 24.4. The molecule has 1 heterocycles. The second kappa shape index (κ2) is 12.0. The van der Waals surface area contributed by atoms with Gasteiger partial charge in [-0.1, -0.05) is 44.2 Å². The Morgan fingerprint density at radius 3 is 2.43 bits per heavy atom. The zero-order valence-electron chi connectivity index (χ0n) is 16.9. The number of hydrogen-bond donors (Lipinski definition) is 3. The molecule has 0 aliphatic heterocycles. The summed E-state index contributed by atoms with van der Waals surface area (Å²) in [5, 5.41) is 9.43. The SMILES string of the molecule is CCNC(=NCC(C)(C)c1ccccc1)NCCNC(=O)c1scnc1C.I. The first-order chi connectivity index (χ1) is 12.9. The molecule has 2 aromatic rings. The van der Waals surface area contributed by atoms with Gasteiger partial charge in [0.05, 0.1) is 17.7 Å². The van der Waals surface area contributed by atoms with Crippen LogP contribution in [0.3, 0.4) is 0 Å². The molecular weight excluding hydrogens is 485 g/mol. The van der Waals surface area contributed by atoms with Gasteiger partial charge in [0.2, 0.25) is 0 Å². The molecule has 0 unspecified atom stereocenters. The van der Waals surface area contributed by atoms with E-state index in [1.165, 1.54) is 16.9 Å². The Morgan fingerprint density at radius 2 is 1.82 bits per heavy atom. The second-order valence-electron chi connectivity index (χ2n) is 6.89. The Bertz CT molecular complexity index is 761. The van der Waals surface area contributed by atoms with Gasteiger partial charge in [0, 0.05) is 25.0 Å². The van der Waals surface area contributed by atoms with Gasteiger partial charge in [-0.3, -0.25) is 9.79 Å². The maximum absolute atomic E-state index is 12.1. The van der Waals surface area contributed by atoms with E-state index in [0.717, 1.165) is 18.2 Å². The molecule has 0 aliphatic carbocycles. The molecule has 2 rings (SSSR count). The average molecular weight is 515 g/mol. The molecule has 0 saturated carbocycles. The highest BCUT2D eigenvalue weighted by molar-refractivity contribution is 14.0. The predicted molar refractivity (Wildman–Crippen MR) is 128 cm³/mol. The summed E-state index contributed by atoms with van der Waals surface area (Å²) in [6, 6.07) is 10.4. The van der Waals surface area contributed by atoms with Crippen molar-refractivity contribution in [1.29, 1.82) is 0 Å². The number of aliphatic imine (C=N–C) groups is 1. The van der Waals surface area contributed by atoms with Gasteiger partial charge in [-0.05, 0) is 19.4 Å². The van der Waals surface area contributed by atoms with Gasteiger partial charge in [-0.2, -0.15) is 0 Å². The standard InChI is InChI=1S/C20H29N5OS.HI/c1-5-21-19(24-13-20(3,4)16-9-7-6-8-10-16)23-12-11-22-18(26)17-15(2)25-14-27-17;/h6-10,14H,5,11-13H2,1-4H3,(H,22,26)(H2,21,23,24);1H. The number of amides is 1. The smallest absolute Gasteiger partial charge is 0.263 e. The van der Waals surface area contributed by atoms with E-state index < -0.39 is 0 Å². The molecule has 0 fully saturated rings. The molecule has 6 nitrogen and oxygen atoms in total. The monoisotopic (exact) mass is 515 g/mol. The van der Waals surface area contributed by atoms with Gasteiger partial charge in [-0.25, -0.2) is 4.98 Å². The van der Waals surface area contributed by atoms with E-state index in [4.69, 9.17) is 4.99 Å². The van der Waals surface area contributed by atoms with Crippen molar-refractivity contribution in [2.24, 2.45) is 4.99 Å². The number of halogens is 1. The molecule has 154 valence electrons. The molecule has 0 aliphatic rings. The van der Waals surface area contributed by atoms with E-state index in [9.17, 15) is 4.79 Å². The number of benzene rings is 1. The van der Waals surface area contributed by atoms with Crippen LogP contribution in [-0.2, 0) is 5.41 Å². The number of aryl methyl sites for hydroxylation is 1. The lowest BCUT2D eigenvalue weighted by molar-refractivity contribution is 0.0957. The summed E-state index contributed by atoms with van der Waals surface area (Å²) in [6.07, 6.45) is 0. The fourth-order valence-corrected chi connectivity index (χ4v) is 3.27. The number of carbonyl (C=O) groups excluding carboxylic acids is 1. The molecular formula is C20H30IN5OS. The van der Waals surface area contributed by atoms with Crippen molar-refractivity contribution in [3.63, 3.8) is 0 Å². The summed E-state index contributed by atoms with van der Waals surface area (Å²) in [6.45, 7) is 10.8. The van der Waals surface area contributed by atoms with Crippen LogP contribution in [0.2, 0.25) is 0 Å². The van der Waals surface area contributed by atoms with Crippen LogP contribution in [0.15, 0.2) is 40.8 Å². The molecule has 28 heavy (non-hydrogen) atoms. The Hall–Kier alpha value is -1.68. The van der Waals surface area contributed by atoms with Gasteiger partial charge >= 0.3 is 0 Å². The molecule has 1 aromatic heterocycles. The minimum atomic E-state index is -0.0797. The van der Waals surface area contributed by atoms with Crippen molar-refractivity contribution in [1.82, 2.24) is 20.9 Å². The minimum absolute atomic E-state index is 0. The van der Waals surface area contributed by atoms with Gasteiger partial charge in [-0.15, -0.1) is 35.3 Å². The number of rotatable bonds is 8. The van der Waals surface area contributed by atoms with E-state index in [1.807, 2.05) is 19.9 Å².